The summed E-state index contributed by atoms with van der Waals surface area (Å²) in [6.07, 6.45) is 0. The highest BCUT2D eigenvalue weighted by Crippen LogP contribution is 2.47. The van der Waals surface area contributed by atoms with Crippen LogP contribution in [0.4, 0.5) is 17.1 Å². The highest BCUT2D eigenvalue weighted by Gasteiger charge is 2.22. The molecule has 10 aromatic rings. The van der Waals surface area contributed by atoms with Crippen LogP contribution >= 0.6 is 11.3 Å². The first kappa shape index (κ1) is 29.5. The maximum atomic E-state index is 2.44. The van der Waals surface area contributed by atoms with E-state index in [2.05, 4.69) is 204 Å². The van der Waals surface area contributed by atoms with Crippen molar-refractivity contribution in [1.82, 2.24) is 4.57 Å². The second-order valence-electron chi connectivity index (χ2n) is 12.9. The van der Waals surface area contributed by atoms with Gasteiger partial charge in [-0.15, -0.1) is 11.3 Å². The molecule has 3 heteroatoms. The monoisotopic (exact) mass is 668 g/mol. The number of thiophene rings is 1. The quantitative estimate of drug-likeness (QED) is 0.171. The Kier molecular flexibility index (Phi) is 7.04. The second-order valence-corrected chi connectivity index (χ2v) is 14.0. The van der Waals surface area contributed by atoms with Crippen LogP contribution in [0.3, 0.4) is 0 Å². The summed E-state index contributed by atoms with van der Waals surface area (Å²) < 4.78 is 5.02. The van der Waals surface area contributed by atoms with Crippen molar-refractivity contribution in [2.75, 3.05) is 4.90 Å². The maximum absolute atomic E-state index is 2.44. The highest BCUT2D eigenvalue weighted by atomic mass is 32.1. The molecule has 0 atom stereocenters. The molecule has 0 aliphatic carbocycles. The first-order valence-corrected chi connectivity index (χ1v) is 18.2. The molecule has 0 N–H and O–H groups in total. The number of aromatic nitrogens is 1. The zero-order valence-corrected chi connectivity index (χ0v) is 28.6. The predicted molar refractivity (Wildman–Crippen MR) is 219 cm³/mol. The number of para-hydroxylation sites is 2. The summed E-state index contributed by atoms with van der Waals surface area (Å²) in [5.41, 5.74) is 11.8. The number of hydrogen-bond donors (Lipinski definition) is 0. The molecule has 2 heterocycles. The summed E-state index contributed by atoms with van der Waals surface area (Å²) >= 11 is 1.87. The molecular formula is C48H32N2S. The summed E-state index contributed by atoms with van der Waals surface area (Å²) in [7, 11) is 0. The van der Waals surface area contributed by atoms with Gasteiger partial charge >= 0.3 is 0 Å². The highest BCUT2D eigenvalue weighted by molar-refractivity contribution is 7.26. The van der Waals surface area contributed by atoms with Crippen molar-refractivity contribution in [3.63, 3.8) is 0 Å². The van der Waals surface area contributed by atoms with E-state index in [9.17, 15) is 0 Å². The third-order valence-electron chi connectivity index (χ3n) is 9.99. The lowest BCUT2D eigenvalue weighted by molar-refractivity contribution is 1.18. The van der Waals surface area contributed by atoms with Crippen molar-refractivity contribution < 1.29 is 0 Å². The van der Waals surface area contributed by atoms with Gasteiger partial charge in [-0.2, -0.15) is 0 Å². The van der Waals surface area contributed by atoms with Gasteiger partial charge in [-0.25, -0.2) is 0 Å². The fraction of sp³-hybridized carbons (Fsp3) is 0. The van der Waals surface area contributed by atoms with Crippen molar-refractivity contribution >= 4 is 70.4 Å². The summed E-state index contributed by atoms with van der Waals surface area (Å²) in [5, 5.41) is 5.07. The van der Waals surface area contributed by atoms with E-state index < -0.39 is 0 Å². The molecule has 0 fully saturated rings. The van der Waals surface area contributed by atoms with E-state index in [-0.39, 0.29) is 0 Å². The molecule has 240 valence electrons. The summed E-state index contributed by atoms with van der Waals surface area (Å²) in [5.74, 6) is 0. The number of anilines is 3. The van der Waals surface area contributed by atoms with Crippen LogP contribution in [0.1, 0.15) is 0 Å². The number of nitrogens with zero attached hydrogens (tertiary/aromatic N) is 2. The molecule has 0 amide bonds. The first-order valence-electron chi connectivity index (χ1n) is 17.4. The molecule has 0 spiro atoms. The Morgan fingerprint density at radius 1 is 0.412 bits per heavy atom. The normalized spacial score (nSPS) is 11.5. The van der Waals surface area contributed by atoms with Crippen LogP contribution < -0.4 is 4.90 Å². The van der Waals surface area contributed by atoms with Crippen molar-refractivity contribution in [2.45, 2.75) is 0 Å². The van der Waals surface area contributed by atoms with Gasteiger partial charge in [0.25, 0.3) is 0 Å². The molecule has 0 unspecified atom stereocenters. The van der Waals surface area contributed by atoms with Crippen molar-refractivity contribution in [3.05, 3.63) is 194 Å². The number of rotatable bonds is 6. The zero-order valence-electron chi connectivity index (χ0n) is 27.8. The number of benzene rings is 8. The minimum absolute atomic E-state index is 1.12. The Morgan fingerprint density at radius 3 is 1.88 bits per heavy atom. The van der Waals surface area contributed by atoms with Gasteiger partial charge in [0.1, 0.15) is 0 Å². The lowest BCUT2D eigenvalue weighted by atomic mass is 9.92. The standard InChI is InChI=1S/C48H32N2S/c1-4-16-33(17-5-1)37-22-10-11-23-38(37)40-25-14-27-43-47(40)42-31-30-36(32-45(42)50(43)35-20-8-3-9-21-35)49(34-18-6-2-7-19-34)44-28-15-26-41-39-24-12-13-29-46(39)51-48(41)44/h1-32H. The molecule has 0 radical (unpaired) electrons. The van der Waals surface area contributed by atoms with E-state index >= 15 is 0 Å². The Hall–Kier alpha value is -6.42. The first-order chi connectivity index (χ1) is 25.3. The van der Waals surface area contributed by atoms with Crippen LogP contribution in [0.15, 0.2) is 194 Å². The lowest BCUT2D eigenvalue weighted by Gasteiger charge is -2.26. The van der Waals surface area contributed by atoms with Gasteiger partial charge in [-0.05, 0) is 76.9 Å². The molecule has 0 bridgehead atoms. The van der Waals surface area contributed by atoms with Crippen molar-refractivity contribution in [2.24, 2.45) is 0 Å². The molecule has 51 heavy (non-hydrogen) atoms. The van der Waals surface area contributed by atoms with Gasteiger partial charge in [0.2, 0.25) is 0 Å². The third kappa shape index (κ3) is 4.85. The fourth-order valence-electron chi connectivity index (χ4n) is 7.77. The lowest BCUT2D eigenvalue weighted by Crippen LogP contribution is -2.10. The molecular weight excluding hydrogens is 637 g/mol. The van der Waals surface area contributed by atoms with E-state index in [4.69, 9.17) is 0 Å². The van der Waals surface area contributed by atoms with Crippen LogP contribution in [0.5, 0.6) is 0 Å². The zero-order chi connectivity index (χ0) is 33.7. The average molecular weight is 669 g/mol. The van der Waals surface area contributed by atoms with E-state index in [0.717, 1.165) is 17.1 Å². The van der Waals surface area contributed by atoms with E-state index in [1.165, 1.54) is 69.9 Å². The average Bonchev–Trinajstić information content (AvgIpc) is 3.75. The molecule has 10 rings (SSSR count). The second kappa shape index (κ2) is 12.2. The van der Waals surface area contributed by atoms with Crippen molar-refractivity contribution in [1.29, 1.82) is 0 Å². The molecule has 8 aromatic carbocycles. The number of fused-ring (bicyclic) bond motifs is 6. The number of hydrogen-bond acceptors (Lipinski definition) is 2. The van der Waals surface area contributed by atoms with Gasteiger partial charge in [0, 0.05) is 43.3 Å². The Labute approximate surface area is 300 Å². The van der Waals surface area contributed by atoms with E-state index in [1.807, 2.05) is 11.3 Å². The van der Waals surface area contributed by atoms with Crippen LogP contribution in [0.25, 0.3) is 69.9 Å². The summed E-state index contributed by atoms with van der Waals surface area (Å²) in [6, 6.07) is 70.3. The topological polar surface area (TPSA) is 8.17 Å². The van der Waals surface area contributed by atoms with E-state index in [0.29, 0.717) is 0 Å². The fourth-order valence-corrected chi connectivity index (χ4v) is 8.98. The molecule has 0 saturated heterocycles. The van der Waals surface area contributed by atoms with Gasteiger partial charge in [0.15, 0.2) is 0 Å². The van der Waals surface area contributed by atoms with Crippen LogP contribution in [0, 0.1) is 0 Å². The summed E-state index contributed by atoms with van der Waals surface area (Å²) in [4.78, 5) is 2.43. The van der Waals surface area contributed by atoms with Gasteiger partial charge < -0.3 is 9.47 Å². The minimum atomic E-state index is 1.12. The van der Waals surface area contributed by atoms with Gasteiger partial charge in [0.05, 0.1) is 21.4 Å². The van der Waals surface area contributed by atoms with E-state index in [1.54, 1.807) is 0 Å². The largest absolute Gasteiger partial charge is 0.309 e. The molecule has 0 aliphatic rings. The van der Waals surface area contributed by atoms with Gasteiger partial charge in [-0.1, -0.05) is 140 Å². The van der Waals surface area contributed by atoms with Crippen molar-refractivity contribution in [3.8, 4) is 27.9 Å². The predicted octanol–water partition coefficient (Wildman–Crippen LogP) is 14.0. The third-order valence-corrected chi connectivity index (χ3v) is 11.2. The molecule has 0 saturated carbocycles. The van der Waals surface area contributed by atoms with Crippen LogP contribution in [0.2, 0.25) is 0 Å². The SMILES string of the molecule is c1ccc(-c2ccccc2-c2cccc3c2c2ccc(N(c4ccccc4)c4cccc5c4sc4ccccc45)cc2n3-c2ccccc2)cc1. The minimum Gasteiger partial charge on any atom is -0.309 e. The maximum Gasteiger partial charge on any atom is 0.0640 e. The molecule has 2 aromatic heterocycles. The van der Waals surface area contributed by atoms with Gasteiger partial charge in [-0.3, -0.25) is 0 Å². The van der Waals surface area contributed by atoms with Crippen LogP contribution in [-0.2, 0) is 0 Å². The Balaban J connectivity index is 1.26. The van der Waals surface area contributed by atoms with Crippen LogP contribution in [-0.4, -0.2) is 4.57 Å². The smallest absolute Gasteiger partial charge is 0.0640 e. The molecule has 0 aliphatic heterocycles. The molecule has 2 nitrogen and oxygen atoms in total. The summed E-state index contributed by atoms with van der Waals surface area (Å²) in [6.45, 7) is 0. The Bertz CT molecular complexity index is 2850. The Morgan fingerprint density at radius 2 is 1.06 bits per heavy atom.